The molecule has 2 rings (SSSR count). The molecule has 2 fully saturated rings. The summed E-state index contributed by atoms with van der Waals surface area (Å²) in [5, 5.41) is 0. The fourth-order valence-corrected chi connectivity index (χ4v) is 1.92. The van der Waals surface area contributed by atoms with Crippen molar-refractivity contribution in [2.45, 2.75) is 32.6 Å². The van der Waals surface area contributed by atoms with E-state index in [9.17, 15) is 4.79 Å². The molecule has 0 aromatic carbocycles. The molecule has 2 aliphatic rings. The first-order valence-corrected chi connectivity index (χ1v) is 5.07. The van der Waals surface area contributed by atoms with Crippen molar-refractivity contribution in [3.05, 3.63) is 0 Å². The predicted molar refractivity (Wildman–Crippen MR) is 47.7 cm³/mol. The van der Waals surface area contributed by atoms with Gasteiger partial charge in [-0.1, -0.05) is 13.3 Å². The number of carbonyl (C=O) groups excluding carboxylic acids is 1. The summed E-state index contributed by atoms with van der Waals surface area (Å²) in [4.78, 5) is 13.5. The molecular formula is C10H17NO. The lowest BCUT2D eigenvalue weighted by molar-refractivity contribution is -0.127. The summed E-state index contributed by atoms with van der Waals surface area (Å²) in [7, 11) is 0. The second-order valence-corrected chi connectivity index (χ2v) is 4.22. The summed E-state index contributed by atoms with van der Waals surface area (Å²) in [6.07, 6.45) is 4.66. The third-order valence-electron chi connectivity index (χ3n) is 3.05. The van der Waals surface area contributed by atoms with E-state index in [1.54, 1.807) is 0 Å². The van der Waals surface area contributed by atoms with Crippen LogP contribution in [0.15, 0.2) is 0 Å². The molecule has 0 radical (unpaired) electrons. The molecule has 2 nitrogen and oxygen atoms in total. The highest BCUT2D eigenvalue weighted by Gasteiger charge is 2.32. The summed E-state index contributed by atoms with van der Waals surface area (Å²) < 4.78 is 0. The Bertz CT molecular complexity index is 186. The summed E-state index contributed by atoms with van der Waals surface area (Å²) >= 11 is 0. The van der Waals surface area contributed by atoms with Crippen molar-refractivity contribution < 1.29 is 4.79 Å². The molecule has 12 heavy (non-hydrogen) atoms. The van der Waals surface area contributed by atoms with Gasteiger partial charge in [-0.15, -0.1) is 0 Å². The third kappa shape index (κ3) is 1.62. The normalized spacial score (nSPS) is 29.9. The van der Waals surface area contributed by atoms with Gasteiger partial charge < -0.3 is 4.90 Å². The lowest BCUT2D eigenvalue weighted by Gasteiger charge is -2.15. The molecule has 0 unspecified atom stereocenters. The van der Waals surface area contributed by atoms with Crippen LogP contribution >= 0.6 is 0 Å². The van der Waals surface area contributed by atoms with Crippen LogP contribution in [0.1, 0.15) is 32.6 Å². The van der Waals surface area contributed by atoms with Crippen molar-refractivity contribution >= 4 is 5.91 Å². The van der Waals surface area contributed by atoms with E-state index in [4.69, 9.17) is 0 Å². The predicted octanol–water partition coefficient (Wildman–Crippen LogP) is 1.65. The van der Waals surface area contributed by atoms with Gasteiger partial charge in [0, 0.05) is 19.5 Å². The Morgan fingerprint density at radius 2 is 2.17 bits per heavy atom. The van der Waals surface area contributed by atoms with Crippen molar-refractivity contribution in [1.82, 2.24) is 4.90 Å². The smallest absolute Gasteiger partial charge is 0.222 e. The minimum Gasteiger partial charge on any atom is -0.342 e. The van der Waals surface area contributed by atoms with E-state index in [-0.39, 0.29) is 0 Å². The Balaban J connectivity index is 1.84. The Kier molecular flexibility index (Phi) is 2.07. The van der Waals surface area contributed by atoms with Crippen LogP contribution < -0.4 is 0 Å². The molecule has 0 aromatic rings. The number of nitrogens with zero attached hydrogens (tertiary/aromatic N) is 1. The second-order valence-electron chi connectivity index (χ2n) is 4.22. The first-order chi connectivity index (χ1) is 5.79. The number of amides is 1. The van der Waals surface area contributed by atoms with Gasteiger partial charge in [0.2, 0.25) is 5.91 Å². The minimum absolute atomic E-state index is 0.397. The molecule has 1 saturated carbocycles. The Labute approximate surface area is 73.9 Å². The van der Waals surface area contributed by atoms with Crippen molar-refractivity contribution in [1.29, 1.82) is 0 Å². The molecule has 1 saturated heterocycles. The average Bonchev–Trinajstić information content (AvgIpc) is 2.78. The van der Waals surface area contributed by atoms with Crippen LogP contribution in [0.5, 0.6) is 0 Å². The summed E-state index contributed by atoms with van der Waals surface area (Å²) in [6, 6.07) is 0. The lowest BCUT2D eigenvalue weighted by Crippen LogP contribution is -2.27. The van der Waals surface area contributed by atoms with Gasteiger partial charge in [0.05, 0.1) is 0 Å². The zero-order valence-electron chi connectivity index (χ0n) is 7.75. The summed E-state index contributed by atoms with van der Waals surface area (Å²) in [5.41, 5.74) is 0. The van der Waals surface area contributed by atoms with Gasteiger partial charge in [0.25, 0.3) is 0 Å². The lowest BCUT2D eigenvalue weighted by atomic mass is 10.1. The highest BCUT2D eigenvalue weighted by atomic mass is 16.2. The zero-order chi connectivity index (χ0) is 8.55. The second kappa shape index (κ2) is 3.08. The number of hydrogen-bond acceptors (Lipinski definition) is 1. The summed E-state index contributed by atoms with van der Waals surface area (Å²) in [5.74, 6) is 1.90. The molecular weight excluding hydrogens is 150 g/mol. The number of rotatable bonds is 3. The molecule has 1 heterocycles. The van der Waals surface area contributed by atoms with E-state index < -0.39 is 0 Å². The van der Waals surface area contributed by atoms with E-state index in [0.717, 1.165) is 31.8 Å². The molecule has 1 aliphatic carbocycles. The zero-order valence-corrected chi connectivity index (χ0v) is 7.75. The number of carbonyl (C=O) groups is 1. The quantitative estimate of drug-likeness (QED) is 0.626. The molecule has 2 heteroatoms. The van der Waals surface area contributed by atoms with E-state index in [1.165, 1.54) is 12.8 Å². The van der Waals surface area contributed by atoms with Gasteiger partial charge in [0.1, 0.15) is 0 Å². The first kappa shape index (κ1) is 8.09. The third-order valence-corrected chi connectivity index (χ3v) is 3.05. The van der Waals surface area contributed by atoms with Crippen LogP contribution in [0.3, 0.4) is 0 Å². The van der Waals surface area contributed by atoms with Crippen LogP contribution in [0.2, 0.25) is 0 Å². The SMILES string of the molecule is CC[C@H]1CC(=O)N(CC2CC2)C1. The van der Waals surface area contributed by atoms with Gasteiger partial charge in [0.15, 0.2) is 0 Å². The van der Waals surface area contributed by atoms with E-state index >= 15 is 0 Å². The summed E-state index contributed by atoms with van der Waals surface area (Å²) in [6.45, 7) is 4.26. The minimum atomic E-state index is 0.397. The number of likely N-dealkylation sites (tertiary alicyclic amines) is 1. The Morgan fingerprint density at radius 1 is 1.42 bits per heavy atom. The highest BCUT2D eigenvalue weighted by molar-refractivity contribution is 5.78. The molecule has 1 amide bonds. The van der Waals surface area contributed by atoms with Gasteiger partial charge >= 0.3 is 0 Å². The van der Waals surface area contributed by atoms with E-state index in [2.05, 4.69) is 11.8 Å². The van der Waals surface area contributed by atoms with Gasteiger partial charge in [-0.25, -0.2) is 0 Å². The molecule has 0 aromatic heterocycles. The Morgan fingerprint density at radius 3 is 2.67 bits per heavy atom. The van der Waals surface area contributed by atoms with Crippen molar-refractivity contribution in [2.24, 2.45) is 11.8 Å². The molecule has 1 aliphatic heterocycles. The maximum Gasteiger partial charge on any atom is 0.222 e. The van der Waals surface area contributed by atoms with Gasteiger partial charge in [-0.2, -0.15) is 0 Å². The largest absolute Gasteiger partial charge is 0.342 e. The van der Waals surface area contributed by atoms with Crippen LogP contribution in [0, 0.1) is 11.8 Å². The van der Waals surface area contributed by atoms with E-state index in [0.29, 0.717) is 11.8 Å². The first-order valence-electron chi connectivity index (χ1n) is 5.07. The number of hydrogen-bond donors (Lipinski definition) is 0. The van der Waals surface area contributed by atoms with Gasteiger partial charge in [-0.05, 0) is 24.7 Å². The van der Waals surface area contributed by atoms with Crippen molar-refractivity contribution in [2.75, 3.05) is 13.1 Å². The van der Waals surface area contributed by atoms with Crippen LogP contribution in [-0.4, -0.2) is 23.9 Å². The topological polar surface area (TPSA) is 20.3 Å². The molecule has 1 atom stereocenters. The van der Waals surface area contributed by atoms with Crippen LogP contribution in [-0.2, 0) is 4.79 Å². The van der Waals surface area contributed by atoms with Gasteiger partial charge in [-0.3, -0.25) is 4.79 Å². The molecule has 0 N–H and O–H groups in total. The fraction of sp³-hybridized carbons (Fsp3) is 0.900. The van der Waals surface area contributed by atoms with Crippen LogP contribution in [0.25, 0.3) is 0 Å². The van der Waals surface area contributed by atoms with Crippen molar-refractivity contribution in [3.63, 3.8) is 0 Å². The molecule has 68 valence electrons. The Hall–Kier alpha value is -0.530. The maximum atomic E-state index is 11.4. The molecule has 0 spiro atoms. The highest BCUT2D eigenvalue weighted by Crippen LogP contribution is 2.32. The fourth-order valence-electron chi connectivity index (χ4n) is 1.92. The monoisotopic (exact) mass is 167 g/mol. The maximum absolute atomic E-state index is 11.4. The van der Waals surface area contributed by atoms with E-state index in [1.807, 2.05) is 0 Å². The van der Waals surface area contributed by atoms with Crippen molar-refractivity contribution in [3.8, 4) is 0 Å². The van der Waals surface area contributed by atoms with Crippen LogP contribution in [0.4, 0.5) is 0 Å². The molecule has 0 bridgehead atoms. The standard InChI is InChI=1S/C10H17NO/c1-2-8-5-10(12)11(6-8)7-9-3-4-9/h8-9H,2-7H2,1H3/t8-/m0/s1. The average molecular weight is 167 g/mol.